The number of nitrogens with zero attached hydrogens (tertiary/aromatic N) is 7. The standard InChI is InChI=1S/C37H44ClN7O2/c1-5-33(46)45-18-17-44(22-28(45)21-39-3)35-29-13-16-43(32-12-7-10-26-9-6-11-30(38)34(26)32)23-31(29)40-36(41-35)47-24-25(2)42(4)27-19-37(20-27)14-8-15-37/h5-7,9-12,25,27-28H,1,8,13-24H2,2,4H3/t25-,28-/m0/s1. The van der Waals surface area contributed by atoms with Gasteiger partial charge in [-0.25, -0.2) is 6.57 Å². The Balaban J connectivity index is 1.16. The van der Waals surface area contributed by atoms with E-state index in [0.29, 0.717) is 50.3 Å². The Bertz CT molecular complexity index is 1710. The third-order valence-corrected chi connectivity index (χ3v) is 11.5. The van der Waals surface area contributed by atoms with Crippen molar-refractivity contribution in [2.24, 2.45) is 5.41 Å². The number of ether oxygens (including phenoxy) is 1. The van der Waals surface area contributed by atoms with E-state index < -0.39 is 0 Å². The predicted octanol–water partition coefficient (Wildman–Crippen LogP) is 6.00. The predicted molar refractivity (Wildman–Crippen MR) is 187 cm³/mol. The summed E-state index contributed by atoms with van der Waals surface area (Å²) in [6.45, 7) is 17.2. The summed E-state index contributed by atoms with van der Waals surface area (Å²) >= 11 is 6.74. The van der Waals surface area contributed by atoms with Crippen LogP contribution in [0.1, 0.15) is 50.3 Å². The maximum Gasteiger partial charge on any atom is 0.318 e. The summed E-state index contributed by atoms with van der Waals surface area (Å²) in [6, 6.07) is 13.3. The lowest BCUT2D eigenvalue weighted by molar-refractivity contribution is -0.128. The summed E-state index contributed by atoms with van der Waals surface area (Å²) in [5.74, 6) is 0.720. The van der Waals surface area contributed by atoms with E-state index >= 15 is 0 Å². The zero-order valence-electron chi connectivity index (χ0n) is 27.5. The molecule has 4 aliphatic rings. The Labute approximate surface area is 283 Å². The van der Waals surface area contributed by atoms with Gasteiger partial charge >= 0.3 is 6.01 Å². The number of fused-ring (bicyclic) bond motifs is 2. The highest BCUT2D eigenvalue weighted by Gasteiger charge is 2.49. The van der Waals surface area contributed by atoms with Crippen LogP contribution in [0, 0.1) is 12.0 Å². The van der Waals surface area contributed by atoms with Crippen molar-refractivity contribution in [1.82, 2.24) is 19.8 Å². The summed E-state index contributed by atoms with van der Waals surface area (Å²) < 4.78 is 6.42. The number of hydrogen-bond acceptors (Lipinski definition) is 7. The second-order valence-electron chi connectivity index (χ2n) is 14.0. The summed E-state index contributed by atoms with van der Waals surface area (Å²) in [4.78, 5) is 35.2. The lowest BCUT2D eigenvalue weighted by Gasteiger charge is -2.57. The van der Waals surface area contributed by atoms with Gasteiger partial charge in [0.25, 0.3) is 0 Å². The summed E-state index contributed by atoms with van der Waals surface area (Å²) in [5, 5.41) is 2.90. The number of aromatic nitrogens is 2. The Morgan fingerprint density at radius 1 is 1.19 bits per heavy atom. The van der Waals surface area contributed by atoms with Crippen LogP contribution in [-0.2, 0) is 17.8 Å². The molecule has 0 bridgehead atoms. The first-order valence-corrected chi connectivity index (χ1v) is 17.3. The van der Waals surface area contributed by atoms with Crippen molar-refractivity contribution < 1.29 is 9.53 Å². The van der Waals surface area contributed by atoms with Gasteiger partial charge in [-0.05, 0) is 75.1 Å². The molecule has 0 unspecified atom stereocenters. The van der Waals surface area contributed by atoms with Crippen molar-refractivity contribution in [3.8, 4) is 6.01 Å². The van der Waals surface area contributed by atoms with Gasteiger partial charge in [-0.15, -0.1) is 0 Å². The fourth-order valence-corrected chi connectivity index (χ4v) is 8.44. The molecule has 10 heteroatoms. The largest absolute Gasteiger partial charge is 0.462 e. The van der Waals surface area contributed by atoms with Crippen LogP contribution >= 0.6 is 11.6 Å². The van der Waals surface area contributed by atoms with E-state index in [1.54, 1.807) is 4.90 Å². The molecule has 2 aromatic carbocycles. The number of halogens is 1. The van der Waals surface area contributed by atoms with Crippen molar-refractivity contribution in [1.29, 1.82) is 0 Å². The van der Waals surface area contributed by atoms with Crippen LogP contribution < -0.4 is 14.5 Å². The molecule has 1 spiro atoms. The van der Waals surface area contributed by atoms with Crippen molar-refractivity contribution in [2.75, 3.05) is 56.2 Å². The molecule has 2 atom stereocenters. The van der Waals surface area contributed by atoms with Crippen LogP contribution in [0.2, 0.25) is 5.02 Å². The molecule has 9 nitrogen and oxygen atoms in total. The molecular weight excluding hydrogens is 610 g/mol. The number of likely N-dealkylation sites (N-methyl/N-ethyl adjacent to an activating group) is 1. The summed E-state index contributed by atoms with van der Waals surface area (Å²) in [6.07, 6.45) is 8.86. The lowest BCUT2D eigenvalue weighted by Crippen LogP contribution is -2.56. The van der Waals surface area contributed by atoms with Crippen molar-refractivity contribution in [3.63, 3.8) is 0 Å². The molecule has 246 valence electrons. The van der Waals surface area contributed by atoms with Crippen LogP contribution in [0.4, 0.5) is 11.5 Å². The molecule has 2 aliphatic heterocycles. The van der Waals surface area contributed by atoms with Gasteiger partial charge in [0.05, 0.1) is 17.3 Å². The van der Waals surface area contributed by atoms with Gasteiger partial charge in [0.15, 0.2) is 0 Å². The molecule has 0 N–H and O–H groups in total. The van der Waals surface area contributed by atoms with Crippen LogP contribution in [-0.4, -0.2) is 90.2 Å². The van der Waals surface area contributed by atoms with Crippen LogP contribution in [0.3, 0.4) is 0 Å². The second kappa shape index (κ2) is 13.0. The van der Waals surface area contributed by atoms with Gasteiger partial charge in [0, 0.05) is 54.9 Å². The molecule has 7 rings (SSSR count). The number of anilines is 2. The normalized spacial score (nSPS) is 21.2. The molecule has 47 heavy (non-hydrogen) atoms. The quantitative estimate of drug-likeness (QED) is 0.207. The maximum atomic E-state index is 12.6. The molecule has 1 amide bonds. The van der Waals surface area contributed by atoms with Gasteiger partial charge < -0.3 is 24.3 Å². The Morgan fingerprint density at radius 3 is 2.70 bits per heavy atom. The number of carbonyl (C=O) groups excluding carboxylic acids is 1. The monoisotopic (exact) mass is 653 g/mol. The maximum absolute atomic E-state index is 12.6. The number of piperazine rings is 1. The van der Waals surface area contributed by atoms with E-state index in [4.69, 9.17) is 32.9 Å². The summed E-state index contributed by atoms with van der Waals surface area (Å²) in [7, 11) is 2.22. The van der Waals surface area contributed by atoms with E-state index in [2.05, 4.69) is 64.4 Å². The number of amides is 1. The lowest BCUT2D eigenvalue weighted by atomic mass is 9.54. The molecule has 1 saturated heterocycles. The molecule has 0 radical (unpaired) electrons. The minimum absolute atomic E-state index is 0.135. The van der Waals surface area contributed by atoms with Crippen LogP contribution in [0.15, 0.2) is 49.1 Å². The minimum Gasteiger partial charge on any atom is -0.462 e. The van der Waals surface area contributed by atoms with Crippen molar-refractivity contribution in [3.05, 3.63) is 76.8 Å². The fourth-order valence-electron chi connectivity index (χ4n) is 8.16. The van der Waals surface area contributed by atoms with E-state index in [-0.39, 0.29) is 24.5 Å². The second-order valence-corrected chi connectivity index (χ2v) is 14.4. The van der Waals surface area contributed by atoms with E-state index in [0.717, 1.165) is 51.5 Å². The molecule has 1 aromatic heterocycles. The van der Waals surface area contributed by atoms with Crippen molar-refractivity contribution in [2.45, 2.75) is 70.1 Å². The highest BCUT2D eigenvalue weighted by atomic mass is 35.5. The third kappa shape index (κ3) is 6.02. The van der Waals surface area contributed by atoms with Crippen molar-refractivity contribution >= 4 is 39.8 Å². The fraction of sp³-hybridized carbons (Fsp3) is 0.514. The average Bonchev–Trinajstić information content (AvgIpc) is 3.04. The smallest absolute Gasteiger partial charge is 0.318 e. The average molecular weight is 654 g/mol. The van der Waals surface area contributed by atoms with Gasteiger partial charge in [0.1, 0.15) is 18.5 Å². The first kappa shape index (κ1) is 31.7. The minimum atomic E-state index is -0.241. The Morgan fingerprint density at radius 2 is 1.98 bits per heavy atom. The molecule has 3 aromatic rings. The third-order valence-electron chi connectivity index (χ3n) is 11.2. The number of hydrogen-bond donors (Lipinski definition) is 0. The number of carbonyl (C=O) groups is 1. The molecule has 2 saturated carbocycles. The Hall–Kier alpha value is -3.87. The van der Waals surface area contributed by atoms with Gasteiger partial charge in [0.2, 0.25) is 12.5 Å². The van der Waals surface area contributed by atoms with Gasteiger partial charge in [-0.3, -0.25) is 9.69 Å². The highest BCUT2D eigenvalue weighted by Crippen LogP contribution is 2.57. The molecule has 2 aliphatic carbocycles. The first-order chi connectivity index (χ1) is 22.8. The Kier molecular flexibility index (Phi) is 8.75. The molecule has 3 heterocycles. The van der Waals surface area contributed by atoms with Gasteiger partial charge in [-0.2, -0.15) is 9.97 Å². The van der Waals surface area contributed by atoms with Crippen LogP contribution in [0.25, 0.3) is 15.6 Å². The topological polar surface area (TPSA) is 69.4 Å². The van der Waals surface area contributed by atoms with E-state index in [1.165, 1.54) is 38.2 Å². The number of benzene rings is 2. The van der Waals surface area contributed by atoms with E-state index in [9.17, 15) is 4.79 Å². The molecule has 3 fully saturated rings. The zero-order valence-corrected chi connectivity index (χ0v) is 28.3. The SMILES string of the molecule is [C-]#[N+]C[C@H]1CN(c2nc(OC[C@H](C)N(C)C3CC4(CCC4)C3)nc3c2CCN(c2cccc4cccc(Cl)c24)C3)CCN1C(=O)C=C. The zero-order chi connectivity index (χ0) is 32.7. The van der Waals surface area contributed by atoms with Gasteiger partial charge in [-0.1, -0.05) is 48.9 Å². The van der Waals surface area contributed by atoms with E-state index in [1.807, 2.05) is 12.1 Å². The first-order valence-electron chi connectivity index (χ1n) is 17.0. The summed E-state index contributed by atoms with van der Waals surface area (Å²) in [5.41, 5.74) is 3.77. The number of rotatable bonds is 9. The molecular formula is C37H44ClN7O2. The van der Waals surface area contributed by atoms with Crippen LogP contribution in [0.5, 0.6) is 6.01 Å². The highest BCUT2D eigenvalue weighted by molar-refractivity contribution is 6.36.